The molecule has 45 heavy (non-hydrogen) atoms. The Kier molecular flexibility index (Phi) is 10.7. The number of quaternary nitrogens is 1. The van der Waals surface area contributed by atoms with Crippen LogP contribution in [0.3, 0.4) is 0 Å². The fraction of sp³-hybridized carbons (Fsp3) is 0.914. The number of carboxylic acids is 1. The van der Waals surface area contributed by atoms with Gasteiger partial charge in [0.05, 0.1) is 46.2 Å². The van der Waals surface area contributed by atoms with Gasteiger partial charge >= 0.3 is 17.9 Å². The molecule has 0 aromatic heterocycles. The van der Waals surface area contributed by atoms with E-state index in [1.807, 2.05) is 0 Å². The summed E-state index contributed by atoms with van der Waals surface area (Å²) in [4.78, 5) is 38.9. The number of hydrogen-bond acceptors (Lipinski definition) is 7. The van der Waals surface area contributed by atoms with Gasteiger partial charge in [-0.25, -0.2) is 0 Å². The van der Waals surface area contributed by atoms with Crippen LogP contribution >= 0.6 is 0 Å². The Morgan fingerprint density at radius 3 is 2.31 bits per heavy atom. The average molecular weight is 698 g/mol. The Bertz CT molecular complexity index is 1090. The zero-order chi connectivity index (χ0) is 31.3. The first-order valence-corrected chi connectivity index (χ1v) is 17.7. The summed E-state index contributed by atoms with van der Waals surface area (Å²) in [5, 5.41) is 9.11. The number of aliphatic carboxylic acids is 1. The summed E-state index contributed by atoms with van der Waals surface area (Å²) in [7, 11) is 2.43. The smallest absolute Gasteiger partial charge is 0.306 e. The van der Waals surface area contributed by atoms with Gasteiger partial charge < -0.3 is 40.8 Å². The van der Waals surface area contributed by atoms with E-state index in [-0.39, 0.29) is 70.8 Å². The summed E-state index contributed by atoms with van der Waals surface area (Å²) < 4.78 is 19.2. The number of halogens is 1. The van der Waals surface area contributed by atoms with Gasteiger partial charge in [0.15, 0.2) is 6.10 Å². The lowest BCUT2D eigenvalue weighted by Crippen LogP contribution is -3.00. The molecule has 0 aromatic rings. The first kappa shape index (κ1) is 35.1. The van der Waals surface area contributed by atoms with Crippen LogP contribution in [0.2, 0.25) is 0 Å². The molecule has 10 atom stereocenters. The van der Waals surface area contributed by atoms with Crippen LogP contribution in [-0.2, 0) is 28.6 Å². The van der Waals surface area contributed by atoms with Crippen molar-refractivity contribution in [2.75, 3.05) is 46.4 Å². The van der Waals surface area contributed by atoms with E-state index in [0.29, 0.717) is 42.9 Å². The zero-order valence-electron chi connectivity index (χ0n) is 28.0. The number of rotatable bonds is 7. The van der Waals surface area contributed by atoms with Crippen LogP contribution < -0.4 is 17.0 Å². The monoisotopic (exact) mass is 696 g/mol. The van der Waals surface area contributed by atoms with Crippen molar-refractivity contribution in [3.8, 4) is 0 Å². The maximum atomic E-state index is 12.8. The Balaban J connectivity index is 0.00000400. The van der Waals surface area contributed by atoms with E-state index >= 15 is 0 Å². The Morgan fingerprint density at radius 2 is 1.64 bits per heavy atom. The molecule has 2 aliphatic heterocycles. The number of morpholine rings is 1. The van der Waals surface area contributed by atoms with Crippen molar-refractivity contribution >= 4 is 17.9 Å². The Hall–Kier alpha value is -1.23. The van der Waals surface area contributed by atoms with Crippen molar-refractivity contribution in [1.82, 2.24) is 4.90 Å². The predicted molar refractivity (Wildman–Crippen MR) is 165 cm³/mol. The number of esters is 2. The van der Waals surface area contributed by atoms with Gasteiger partial charge in [-0.05, 0) is 86.9 Å². The number of carbonyl (C=O) groups excluding carboxylic acids is 2. The Labute approximate surface area is 280 Å². The van der Waals surface area contributed by atoms with Gasteiger partial charge in [0.25, 0.3) is 0 Å². The van der Waals surface area contributed by atoms with Gasteiger partial charge in [-0.3, -0.25) is 19.3 Å². The number of fused-ring (bicyclic) bond motifs is 5. The van der Waals surface area contributed by atoms with E-state index in [1.54, 1.807) is 6.92 Å². The van der Waals surface area contributed by atoms with E-state index in [4.69, 9.17) is 19.3 Å². The number of piperidine rings is 1. The second kappa shape index (κ2) is 13.7. The van der Waals surface area contributed by atoms with Crippen LogP contribution in [0.25, 0.3) is 0 Å². The molecule has 256 valence electrons. The van der Waals surface area contributed by atoms with Crippen molar-refractivity contribution in [3.05, 3.63) is 0 Å². The largest absolute Gasteiger partial charge is 1.00 e. The highest BCUT2D eigenvalue weighted by Gasteiger charge is 2.67. The van der Waals surface area contributed by atoms with Crippen molar-refractivity contribution < 1.29 is 55.2 Å². The summed E-state index contributed by atoms with van der Waals surface area (Å²) in [5.74, 6) is 0.780. The van der Waals surface area contributed by atoms with Crippen molar-refractivity contribution in [1.29, 1.82) is 0 Å². The lowest BCUT2D eigenvalue weighted by atomic mass is 9.44. The molecule has 2 heterocycles. The molecule has 0 amide bonds. The van der Waals surface area contributed by atoms with E-state index in [2.05, 4.69) is 25.8 Å². The summed E-state index contributed by atoms with van der Waals surface area (Å²) in [5.41, 5.74) is 0.162. The molecule has 1 N–H and O–H groups in total. The summed E-state index contributed by atoms with van der Waals surface area (Å²) in [6.07, 6.45) is 11.0. The molecule has 6 rings (SSSR count). The first-order valence-electron chi connectivity index (χ1n) is 17.7. The number of nitrogens with zero attached hydrogens (tertiary/aromatic N) is 2. The first-order chi connectivity index (χ1) is 20.9. The molecular formula is C35H57BrN2O7. The minimum absolute atomic E-state index is 0. The fourth-order valence-corrected chi connectivity index (χ4v) is 11.6. The lowest BCUT2D eigenvalue weighted by Gasteiger charge is -2.62. The summed E-state index contributed by atoms with van der Waals surface area (Å²) in [6, 6.07) is 0.504. The highest BCUT2D eigenvalue weighted by atomic mass is 79.9. The quantitative estimate of drug-likeness (QED) is 0.317. The van der Waals surface area contributed by atoms with Crippen LogP contribution in [0.15, 0.2) is 0 Å². The van der Waals surface area contributed by atoms with Gasteiger partial charge in [-0.1, -0.05) is 13.8 Å². The SMILES string of the molecule is CC(=O)OC1C([N+]2(C)CCCCC2)C[C@H]2[C@@H]3CCC4CC(OC(=O)CCC(=O)O)C(N5CCOCC5)C[C@]4(C)[C@@H]3CC[C@]12C.[Br-]. The maximum Gasteiger partial charge on any atom is 0.306 e. The highest BCUT2D eigenvalue weighted by Crippen LogP contribution is 2.67. The molecule has 6 fully saturated rings. The standard InChI is InChI=1S/C35H56N2O7.BrH/c1-23(38)43-33-29(37(4)16-6-5-7-17-37)21-27-25-9-8-24-20-30(44-32(41)11-10-31(39)40)28(36-14-18-42-19-15-36)22-35(24,3)26(25)12-13-34(27,33)2;/h24-30,33H,5-22H2,1-4H3;1H/t24?,25-,26-,27+,28?,29?,30?,33?,34+,35+;/m1./s1. The maximum absolute atomic E-state index is 12.8. The third kappa shape index (κ3) is 6.60. The molecule has 0 bridgehead atoms. The third-order valence-corrected chi connectivity index (χ3v) is 13.9. The van der Waals surface area contributed by atoms with Crippen LogP contribution in [-0.4, -0.2) is 103 Å². The third-order valence-electron chi connectivity index (χ3n) is 13.9. The lowest BCUT2D eigenvalue weighted by molar-refractivity contribution is -0.940. The second-order valence-electron chi connectivity index (χ2n) is 16.1. The number of carbonyl (C=O) groups is 3. The van der Waals surface area contributed by atoms with E-state index in [9.17, 15) is 14.4 Å². The van der Waals surface area contributed by atoms with Gasteiger partial charge in [-0.15, -0.1) is 0 Å². The molecule has 2 saturated heterocycles. The van der Waals surface area contributed by atoms with Gasteiger partial charge in [0.2, 0.25) is 0 Å². The van der Waals surface area contributed by atoms with E-state index in [1.165, 1.54) is 38.8 Å². The molecule has 10 heteroatoms. The predicted octanol–water partition coefficient (Wildman–Crippen LogP) is 1.66. The second-order valence-corrected chi connectivity index (χ2v) is 16.1. The van der Waals surface area contributed by atoms with Crippen LogP contribution in [0.5, 0.6) is 0 Å². The Morgan fingerprint density at radius 1 is 0.933 bits per heavy atom. The number of carboxylic acid groups (broad SMARTS) is 1. The van der Waals surface area contributed by atoms with Gasteiger partial charge in [-0.2, -0.15) is 0 Å². The topological polar surface area (TPSA) is 102 Å². The molecule has 0 spiro atoms. The van der Waals surface area contributed by atoms with Crippen molar-refractivity contribution in [2.45, 2.75) is 122 Å². The van der Waals surface area contributed by atoms with E-state index < -0.39 is 5.97 Å². The molecule has 4 aliphatic carbocycles. The molecule has 0 aromatic carbocycles. The van der Waals surface area contributed by atoms with Crippen molar-refractivity contribution in [3.63, 3.8) is 0 Å². The molecule has 5 unspecified atom stereocenters. The minimum atomic E-state index is -0.966. The normalized spacial score (nSPS) is 42.7. The number of likely N-dealkylation sites (N-methyl/N-ethyl adjacent to an activating group) is 1. The number of hydrogen-bond donors (Lipinski definition) is 1. The van der Waals surface area contributed by atoms with Crippen LogP contribution in [0.4, 0.5) is 0 Å². The highest BCUT2D eigenvalue weighted by molar-refractivity contribution is 5.76. The van der Waals surface area contributed by atoms with Crippen LogP contribution in [0, 0.1) is 34.5 Å². The number of ether oxygens (including phenoxy) is 3. The molecule has 0 radical (unpaired) electrons. The summed E-state index contributed by atoms with van der Waals surface area (Å²) in [6.45, 7) is 12.0. The van der Waals surface area contributed by atoms with Crippen LogP contribution in [0.1, 0.15) is 97.8 Å². The number of likely N-dealkylation sites (tertiary alicyclic amines) is 1. The fourth-order valence-electron chi connectivity index (χ4n) is 11.6. The molecule has 6 aliphatic rings. The average Bonchev–Trinajstić information content (AvgIpc) is 3.29. The van der Waals surface area contributed by atoms with Gasteiger partial charge in [0, 0.05) is 37.9 Å². The molecule has 4 saturated carbocycles. The van der Waals surface area contributed by atoms with Gasteiger partial charge in [0.1, 0.15) is 12.1 Å². The zero-order valence-corrected chi connectivity index (χ0v) is 29.6. The molecule has 9 nitrogen and oxygen atoms in total. The molecular weight excluding hydrogens is 640 g/mol. The van der Waals surface area contributed by atoms with Crippen molar-refractivity contribution in [2.24, 2.45) is 34.5 Å². The van der Waals surface area contributed by atoms with E-state index in [0.717, 1.165) is 56.1 Å². The minimum Gasteiger partial charge on any atom is -1.00 e. The summed E-state index contributed by atoms with van der Waals surface area (Å²) >= 11 is 0.